The molecule has 3 aliphatic heterocycles. The van der Waals surface area contributed by atoms with Gasteiger partial charge in [0.2, 0.25) is 5.91 Å². The van der Waals surface area contributed by atoms with Crippen molar-refractivity contribution in [3.63, 3.8) is 0 Å². The largest absolute Gasteiger partial charge is 0.465 e. The first-order valence-corrected chi connectivity index (χ1v) is 11.1. The summed E-state index contributed by atoms with van der Waals surface area (Å²) in [4.78, 5) is 33.6. The Bertz CT molecular complexity index is 1050. The van der Waals surface area contributed by atoms with E-state index in [-0.39, 0.29) is 18.2 Å². The average Bonchev–Trinajstić information content (AvgIpc) is 2.87. The van der Waals surface area contributed by atoms with Crippen LogP contribution in [0.4, 0.5) is 19.4 Å². The van der Waals surface area contributed by atoms with Gasteiger partial charge < -0.3 is 19.8 Å². The number of likely N-dealkylation sites (tertiary alicyclic amines) is 1. The first-order chi connectivity index (χ1) is 15.3. The molecule has 0 atom stereocenters. The van der Waals surface area contributed by atoms with E-state index >= 15 is 0 Å². The van der Waals surface area contributed by atoms with Gasteiger partial charge in [0.05, 0.1) is 18.7 Å². The van der Waals surface area contributed by atoms with E-state index in [0.717, 1.165) is 16.9 Å². The van der Waals surface area contributed by atoms with Crippen molar-refractivity contribution in [2.24, 2.45) is 5.92 Å². The maximum absolute atomic E-state index is 14.0. The molecule has 1 N–H and O–H groups in total. The number of carboxylic acid groups (broad SMARTS) is 1. The fraction of sp³-hybridized carbons (Fsp3) is 0.619. The van der Waals surface area contributed by atoms with Gasteiger partial charge in [-0.05, 0) is 25.7 Å². The van der Waals surface area contributed by atoms with Crippen LogP contribution in [-0.2, 0) is 17.6 Å². The van der Waals surface area contributed by atoms with Crippen molar-refractivity contribution in [1.29, 1.82) is 0 Å². The number of hydrogen-bond acceptors (Lipinski definition) is 5. The lowest BCUT2D eigenvalue weighted by Crippen LogP contribution is -2.56. The number of amides is 2. The molecule has 0 spiro atoms. The molecule has 0 aromatic carbocycles. The van der Waals surface area contributed by atoms with Gasteiger partial charge in [0.1, 0.15) is 5.82 Å². The minimum atomic E-state index is -2.82. The zero-order valence-electron chi connectivity index (χ0n) is 17.7. The third-order valence-corrected chi connectivity index (χ3v) is 6.77. The van der Waals surface area contributed by atoms with Gasteiger partial charge in [-0.1, -0.05) is 0 Å². The van der Waals surface area contributed by atoms with Crippen molar-refractivity contribution in [1.82, 2.24) is 24.4 Å². The Kier molecular flexibility index (Phi) is 5.13. The Morgan fingerprint density at radius 3 is 2.53 bits per heavy atom. The van der Waals surface area contributed by atoms with Crippen LogP contribution in [0.5, 0.6) is 0 Å². The smallest absolute Gasteiger partial charge is 0.407 e. The molecule has 0 aliphatic carbocycles. The van der Waals surface area contributed by atoms with Gasteiger partial charge in [-0.2, -0.15) is 9.61 Å². The molecule has 0 unspecified atom stereocenters. The van der Waals surface area contributed by atoms with E-state index in [1.54, 1.807) is 16.9 Å². The molecule has 2 aromatic rings. The van der Waals surface area contributed by atoms with Crippen LogP contribution in [0.15, 0.2) is 12.4 Å². The lowest BCUT2D eigenvalue weighted by Gasteiger charge is -2.42. The van der Waals surface area contributed by atoms with E-state index in [1.165, 1.54) is 9.80 Å². The Morgan fingerprint density at radius 2 is 1.78 bits per heavy atom. The maximum Gasteiger partial charge on any atom is 0.407 e. The van der Waals surface area contributed by atoms with Crippen molar-refractivity contribution >= 4 is 23.5 Å². The molecule has 0 radical (unpaired) electrons. The number of aromatic nitrogens is 3. The molecule has 5 heterocycles. The summed E-state index contributed by atoms with van der Waals surface area (Å²) in [7, 11) is 0. The minimum Gasteiger partial charge on any atom is -0.465 e. The molecule has 5 rings (SSSR count). The second kappa shape index (κ2) is 7.86. The van der Waals surface area contributed by atoms with Gasteiger partial charge in [-0.25, -0.2) is 18.6 Å². The number of rotatable bonds is 2. The second-order valence-electron chi connectivity index (χ2n) is 8.90. The quantitative estimate of drug-likeness (QED) is 0.754. The molecule has 172 valence electrons. The van der Waals surface area contributed by atoms with Crippen LogP contribution in [0.2, 0.25) is 0 Å². The number of carbonyl (C=O) groups excluding carboxylic acids is 1. The number of anilines is 1. The zero-order chi connectivity index (χ0) is 22.5. The molecule has 9 nitrogen and oxygen atoms in total. The standard InChI is InChI=1S/C21H26F2N6O3/c22-21(23)5-1-2-8-27(13-21)19(30)14-11-28(12-14)18-16-4-10-26(20(31)32)9-3-15(16)17-24-6-7-25-29(17)18/h6-7,14H,1-5,8-13H2,(H,31,32). The highest BCUT2D eigenvalue weighted by Gasteiger charge is 2.42. The highest BCUT2D eigenvalue weighted by molar-refractivity contribution is 5.83. The van der Waals surface area contributed by atoms with E-state index in [1.807, 2.05) is 4.90 Å². The molecule has 2 saturated heterocycles. The van der Waals surface area contributed by atoms with E-state index in [2.05, 4.69) is 10.1 Å². The van der Waals surface area contributed by atoms with Crippen LogP contribution < -0.4 is 4.90 Å². The third-order valence-electron chi connectivity index (χ3n) is 6.77. The molecular formula is C21H26F2N6O3. The summed E-state index contributed by atoms with van der Waals surface area (Å²) in [6.07, 6.45) is 4.22. The van der Waals surface area contributed by atoms with Gasteiger partial charge in [0.25, 0.3) is 5.92 Å². The molecule has 2 aromatic heterocycles. The topological polar surface area (TPSA) is 94.3 Å². The Labute approximate surface area is 183 Å². The van der Waals surface area contributed by atoms with Crippen molar-refractivity contribution in [3.8, 4) is 0 Å². The first-order valence-electron chi connectivity index (χ1n) is 11.1. The first kappa shape index (κ1) is 20.9. The predicted octanol–water partition coefficient (Wildman–Crippen LogP) is 1.89. The molecule has 3 aliphatic rings. The van der Waals surface area contributed by atoms with Crippen LogP contribution in [0, 0.1) is 5.92 Å². The third kappa shape index (κ3) is 3.63. The van der Waals surface area contributed by atoms with Crippen LogP contribution in [0.1, 0.15) is 30.4 Å². The average molecular weight is 448 g/mol. The van der Waals surface area contributed by atoms with Crippen molar-refractivity contribution in [2.75, 3.05) is 44.2 Å². The van der Waals surface area contributed by atoms with E-state index < -0.39 is 18.6 Å². The van der Waals surface area contributed by atoms with E-state index in [9.17, 15) is 23.5 Å². The van der Waals surface area contributed by atoms with Crippen molar-refractivity contribution < 1.29 is 23.5 Å². The molecular weight excluding hydrogens is 422 g/mol. The van der Waals surface area contributed by atoms with E-state index in [0.29, 0.717) is 64.1 Å². The number of alkyl halides is 2. The van der Waals surface area contributed by atoms with Crippen molar-refractivity contribution in [3.05, 3.63) is 23.5 Å². The van der Waals surface area contributed by atoms with Crippen LogP contribution in [0.3, 0.4) is 0 Å². The van der Waals surface area contributed by atoms with Gasteiger partial charge in [-0.15, -0.1) is 0 Å². The van der Waals surface area contributed by atoms with Crippen molar-refractivity contribution in [2.45, 2.75) is 38.0 Å². The van der Waals surface area contributed by atoms with Gasteiger partial charge >= 0.3 is 6.09 Å². The Morgan fingerprint density at radius 1 is 1.03 bits per heavy atom. The van der Waals surface area contributed by atoms with Crippen LogP contribution in [0.25, 0.3) is 5.65 Å². The zero-order valence-corrected chi connectivity index (χ0v) is 17.7. The Balaban J connectivity index is 1.37. The number of carbonyl (C=O) groups is 2. The molecule has 11 heteroatoms. The summed E-state index contributed by atoms with van der Waals surface area (Å²) in [5.74, 6) is -2.53. The highest BCUT2D eigenvalue weighted by Crippen LogP contribution is 2.36. The number of hydrogen-bond donors (Lipinski definition) is 1. The van der Waals surface area contributed by atoms with Crippen LogP contribution in [-0.4, -0.2) is 86.7 Å². The number of nitrogens with zero attached hydrogens (tertiary/aromatic N) is 6. The van der Waals surface area contributed by atoms with E-state index in [4.69, 9.17) is 0 Å². The molecule has 0 saturated carbocycles. The fourth-order valence-corrected chi connectivity index (χ4v) is 5.09. The molecule has 2 amide bonds. The number of halogens is 2. The monoisotopic (exact) mass is 448 g/mol. The fourth-order valence-electron chi connectivity index (χ4n) is 5.09. The lowest BCUT2D eigenvalue weighted by molar-refractivity contribution is -0.141. The van der Waals surface area contributed by atoms with Gasteiger partial charge in [0, 0.05) is 56.5 Å². The summed E-state index contributed by atoms with van der Waals surface area (Å²) in [6, 6.07) is 0. The lowest BCUT2D eigenvalue weighted by atomic mass is 9.96. The van der Waals surface area contributed by atoms with Gasteiger partial charge in [-0.3, -0.25) is 4.79 Å². The maximum atomic E-state index is 14.0. The van der Waals surface area contributed by atoms with Crippen LogP contribution >= 0.6 is 0 Å². The molecule has 0 bridgehead atoms. The number of fused-ring (bicyclic) bond motifs is 3. The van der Waals surface area contributed by atoms with Gasteiger partial charge in [0.15, 0.2) is 5.65 Å². The summed E-state index contributed by atoms with van der Waals surface area (Å²) in [5.41, 5.74) is 2.69. The molecule has 2 fully saturated rings. The summed E-state index contributed by atoms with van der Waals surface area (Å²) < 4.78 is 29.7. The Hall–Kier alpha value is -2.98. The minimum absolute atomic E-state index is 0.165. The predicted molar refractivity (Wildman–Crippen MR) is 111 cm³/mol. The summed E-state index contributed by atoms with van der Waals surface area (Å²) in [6.45, 7) is 1.51. The normalized spacial score (nSPS) is 21.6. The molecule has 32 heavy (non-hydrogen) atoms. The highest BCUT2D eigenvalue weighted by atomic mass is 19.3. The summed E-state index contributed by atoms with van der Waals surface area (Å²) >= 11 is 0. The SMILES string of the molecule is O=C(O)N1CCc2c(c3nccnn3c2N2CC(C(=O)N3CCCCC(F)(F)C3)C2)CC1. The summed E-state index contributed by atoms with van der Waals surface area (Å²) in [5, 5.41) is 13.8. The second-order valence-corrected chi connectivity index (χ2v) is 8.90.